The monoisotopic (exact) mass is 323 g/mol. The van der Waals surface area contributed by atoms with Crippen LogP contribution in [0.5, 0.6) is 0 Å². The van der Waals surface area contributed by atoms with Crippen molar-refractivity contribution < 1.29 is 0 Å². The lowest BCUT2D eigenvalue weighted by Gasteiger charge is -2.41. The van der Waals surface area contributed by atoms with Crippen LogP contribution in [0.2, 0.25) is 0 Å². The van der Waals surface area contributed by atoms with E-state index >= 15 is 0 Å². The summed E-state index contributed by atoms with van der Waals surface area (Å²) in [4.78, 5) is 11.6. The Hall–Kier alpha value is -2.14. The van der Waals surface area contributed by atoms with Crippen LogP contribution < -0.4 is 16.0 Å². The van der Waals surface area contributed by atoms with Gasteiger partial charge in [-0.1, -0.05) is 36.8 Å². The number of aromatic nitrogens is 2. The summed E-state index contributed by atoms with van der Waals surface area (Å²) in [5.41, 5.74) is 9.89. The van der Waals surface area contributed by atoms with E-state index in [0.29, 0.717) is 17.9 Å². The molecule has 3 N–H and O–H groups in total. The lowest BCUT2D eigenvalue weighted by Crippen LogP contribution is -2.57. The van der Waals surface area contributed by atoms with E-state index in [9.17, 15) is 0 Å². The maximum Gasteiger partial charge on any atom is 0.222 e. The fourth-order valence-electron chi connectivity index (χ4n) is 3.93. The number of nitrogens with zero attached hydrogens (tertiary/aromatic N) is 3. The highest BCUT2D eigenvalue weighted by Gasteiger charge is 2.32. The summed E-state index contributed by atoms with van der Waals surface area (Å²) in [6, 6.07) is 11.2. The second-order valence-electron chi connectivity index (χ2n) is 6.87. The Kier molecular flexibility index (Phi) is 4.10. The lowest BCUT2D eigenvalue weighted by molar-refractivity contribution is 0.445. The van der Waals surface area contributed by atoms with Gasteiger partial charge in [0.25, 0.3) is 0 Å². The maximum atomic E-state index is 6.09. The van der Waals surface area contributed by atoms with E-state index in [-0.39, 0.29) is 0 Å². The number of rotatable bonds is 3. The summed E-state index contributed by atoms with van der Waals surface area (Å²) >= 11 is 0. The highest BCUT2D eigenvalue weighted by Crippen LogP contribution is 2.38. The van der Waals surface area contributed by atoms with Gasteiger partial charge in [-0.3, -0.25) is 0 Å². The SMILES string of the molecule is CNC1CN(c2nc(N)nc3c2CCCCC3c2ccccc2)C1. The molecule has 5 heteroatoms. The van der Waals surface area contributed by atoms with Crippen LogP contribution in [0.4, 0.5) is 11.8 Å². The molecule has 24 heavy (non-hydrogen) atoms. The maximum absolute atomic E-state index is 6.09. The molecule has 0 saturated carbocycles. The second kappa shape index (κ2) is 6.40. The van der Waals surface area contributed by atoms with Crippen molar-refractivity contribution in [2.75, 3.05) is 30.8 Å². The second-order valence-corrected chi connectivity index (χ2v) is 6.87. The van der Waals surface area contributed by atoms with Crippen LogP contribution in [-0.2, 0) is 6.42 Å². The summed E-state index contributed by atoms with van der Waals surface area (Å²) in [5.74, 6) is 1.79. The summed E-state index contributed by atoms with van der Waals surface area (Å²) in [6.07, 6.45) is 4.59. The molecular formula is C19H25N5. The number of likely N-dealkylation sites (N-methyl/N-ethyl adjacent to an activating group) is 1. The van der Waals surface area contributed by atoms with Crippen LogP contribution >= 0.6 is 0 Å². The van der Waals surface area contributed by atoms with Crippen molar-refractivity contribution in [3.8, 4) is 0 Å². The fraction of sp³-hybridized carbons (Fsp3) is 0.474. The minimum Gasteiger partial charge on any atom is -0.368 e. The first-order valence-electron chi connectivity index (χ1n) is 8.89. The normalized spacial score (nSPS) is 21.0. The van der Waals surface area contributed by atoms with Gasteiger partial charge in [-0.25, -0.2) is 4.98 Å². The zero-order chi connectivity index (χ0) is 16.5. The van der Waals surface area contributed by atoms with Gasteiger partial charge in [0.2, 0.25) is 5.95 Å². The van der Waals surface area contributed by atoms with Crippen molar-refractivity contribution in [2.24, 2.45) is 0 Å². The van der Waals surface area contributed by atoms with Gasteiger partial charge >= 0.3 is 0 Å². The molecule has 2 heterocycles. The molecule has 0 spiro atoms. The van der Waals surface area contributed by atoms with Crippen LogP contribution in [0.1, 0.15) is 42.0 Å². The van der Waals surface area contributed by atoms with E-state index in [0.717, 1.165) is 37.4 Å². The van der Waals surface area contributed by atoms with E-state index in [4.69, 9.17) is 10.7 Å². The molecule has 1 atom stereocenters. The zero-order valence-corrected chi connectivity index (χ0v) is 14.2. The van der Waals surface area contributed by atoms with Crippen LogP contribution in [0, 0.1) is 0 Å². The van der Waals surface area contributed by atoms with E-state index in [2.05, 4.69) is 45.5 Å². The first-order chi connectivity index (χ1) is 11.8. The molecule has 1 aromatic carbocycles. The Bertz CT molecular complexity index is 709. The van der Waals surface area contributed by atoms with Gasteiger partial charge in [-0.2, -0.15) is 4.98 Å². The topological polar surface area (TPSA) is 67.1 Å². The molecule has 0 amide bonds. The molecule has 1 fully saturated rings. The highest BCUT2D eigenvalue weighted by molar-refractivity contribution is 5.56. The molecule has 0 radical (unpaired) electrons. The van der Waals surface area contributed by atoms with Gasteiger partial charge in [-0.15, -0.1) is 0 Å². The average Bonchev–Trinajstić information content (AvgIpc) is 2.77. The molecule has 1 saturated heterocycles. The standard InChI is InChI=1S/C19H25N5/c1-21-14-11-24(12-14)18-16-10-6-5-9-15(13-7-3-2-4-8-13)17(16)22-19(20)23-18/h2-4,7-8,14-15,21H,5-6,9-12H2,1H3,(H2,20,22,23). The average molecular weight is 323 g/mol. The minimum absolute atomic E-state index is 0.328. The molecule has 2 aromatic rings. The molecule has 1 aliphatic carbocycles. The fourth-order valence-corrected chi connectivity index (χ4v) is 3.93. The number of anilines is 2. The lowest BCUT2D eigenvalue weighted by atomic mass is 9.90. The molecule has 1 unspecified atom stereocenters. The summed E-state index contributed by atoms with van der Waals surface area (Å²) in [5, 5.41) is 3.33. The number of hydrogen-bond donors (Lipinski definition) is 2. The first kappa shape index (κ1) is 15.4. The molecule has 4 rings (SSSR count). The van der Waals surface area contributed by atoms with E-state index in [1.165, 1.54) is 24.0 Å². The van der Waals surface area contributed by atoms with Gasteiger partial charge in [0.15, 0.2) is 0 Å². The summed E-state index contributed by atoms with van der Waals surface area (Å²) < 4.78 is 0. The van der Waals surface area contributed by atoms with Crippen LogP contribution in [0.3, 0.4) is 0 Å². The van der Waals surface area contributed by atoms with Gasteiger partial charge in [0, 0.05) is 30.6 Å². The van der Waals surface area contributed by atoms with E-state index in [1.54, 1.807) is 0 Å². The third kappa shape index (κ3) is 2.73. The van der Waals surface area contributed by atoms with Crippen molar-refractivity contribution >= 4 is 11.8 Å². The Morgan fingerprint density at radius 2 is 1.92 bits per heavy atom. The smallest absolute Gasteiger partial charge is 0.222 e. The quantitative estimate of drug-likeness (QED) is 0.849. The highest BCUT2D eigenvalue weighted by atomic mass is 15.3. The van der Waals surface area contributed by atoms with Crippen LogP contribution in [-0.4, -0.2) is 36.1 Å². The summed E-state index contributed by atoms with van der Waals surface area (Å²) in [6.45, 7) is 1.99. The van der Waals surface area contributed by atoms with Gasteiger partial charge < -0.3 is 16.0 Å². The Morgan fingerprint density at radius 3 is 2.67 bits per heavy atom. The number of fused-ring (bicyclic) bond motifs is 1. The zero-order valence-electron chi connectivity index (χ0n) is 14.2. The molecule has 126 valence electrons. The van der Waals surface area contributed by atoms with Crippen LogP contribution in [0.15, 0.2) is 30.3 Å². The molecule has 5 nitrogen and oxygen atoms in total. The largest absolute Gasteiger partial charge is 0.368 e. The van der Waals surface area contributed by atoms with Gasteiger partial charge in [0.05, 0.1) is 5.69 Å². The molecule has 0 bridgehead atoms. The van der Waals surface area contributed by atoms with Crippen molar-refractivity contribution in [1.82, 2.24) is 15.3 Å². The third-order valence-corrected chi connectivity index (χ3v) is 5.33. The minimum atomic E-state index is 0.328. The molecule has 1 aromatic heterocycles. The molecule has 2 aliphatic rings. The van der Waals surface area contributed by atoms with Gasteiger partial charge in [0.1, 0.15) is 5.82 Å². The van der Waals surface area contributed by atoms with E-state index in [1.807, 2.05) is 7.05 Å². The molecular weight excluding hydrogens is 298 g/mol. The Morgan fingerprint density at radius 1 is 1.12 bits per heavy atom. The predicted octanol–water partition coefficient (Wildman–Crippen LogP) is 2.33. The van der Waals surface area contributed by atoms with Crippen molar-refractivity contribution in [1.29, 1.82) is 0 Å². The van der Waals surface area contributed by atoms with Crippen molar-refractivity contribution in [2.45, 2.75) is 37.6 Å². The van der Waals surface area contributed by atoms with E-state index < -0.39 is 0 Å². The molecule has 1 aliphatic heterocycles. The Balaban J connectivity index is 1.76. The number of nitrogen functional groups attached to an aromatic ring is 1. The Labute approximate surface area is 143 Å². The third-order valence-electron chi connectivity index (χ3n) is 5.33. The number of nitrogens with two attached hydrogens (primary N) is 1. The number of nitrogens with one attached hydrogen (secondary N) is 1. The summed E-state index contributed by atoms with van der Waals surface area (Å²) in [7, 11) is 2.02. The van der Waals surface area contributed by atoms with Crippen molar-refractivity contribution in [3.05, 3.63) is 47.2 Å². The number of benzene rings is 1. The van der Waals surface area contributed by atoms with Crippen LogP contribution in [0.25, 0.3) is 0 Å². The predicted molar refractivity (Wildman–Crippen MR) is 97.3 cm³/mol. The van der Waals surface area contributed by atoms with Crippen molar-refractivity contribution in [3.63, 3.8) is 0 Å². The number of hydrogen-bond acceptors (Lipinski definition) is 5. The van der Waals surface area contributed by atoms with Gasteiger partial charge in [-0.05, 0) is 31.9 Å². The first-order valence-corrected chi connectivity index (χ1v) is 8.89.